The van der Waals surface area contributed by atoms with Gasteiger partial charge >= 0.3 is 0 Å². The highest BCUT2D eigenvalue weighted by molar-refractivity contribution is 8.78. The van der Waals surface area contributed by atoms with Gasteiger partial charge in [-0.05, 0) is 18.2 Å². The van der Waals surface area contributed by atoms with Gasteiger partial charge in [0.2, 0.25) is 5.91 Å². The first kappa shape index (κ1) is 11.0. The average Bonchev–Trinajstić information content (AvgIpc) is 2.55. The number of hydrogen-bond donors (Lipinski definition) is 1. The Morgan fingerprint density at radius 1 is 1.38 bits per heavy atom. The summed E-state index contributed by atoms with van der Waals surface area (Å²) in [6.45, 7) is 0. The summed E-state index contributed by atoms with van der Waals surface area (Å²) in [5.41, 5.74) is 5.04. The lowest BCUT2D eigenvalue weighted by atomic mass is 10.1. The first-order valence-electron chi connectivity index (χ1n) is 4.56. The number of nitrogens with two attached hydrogens (primary N) is 1. The van der Waals surface area contributed by atoms with Crippen molar-refractivity contribution in [3.63, 3.8) is 0 Å². The molecule has 0 aromatic carbocycles. The maximum Gasteiger partial charge on any atom is 0.217 e. The van der Waals surface area contributed by atoms with Crippen molar-refractivity contribution in [3.8, 4) is 0 Å². The molecule has 0 aromatic heterocycles. The summed E-state index contributed by atoms with van der Waals surface area (Å²) in [6.07, 6.45) is 7.30. The van der Waals surface area contributed by atoms with Crippen LogP contribution in [0.15, 0.2) is 11.5 Å². The molecular formula is C9H15NOS2. The SMILES string of the molecule is NC(=O)CCCCCC1C=CSS1. The van der Waals surface area contributed by atoms with Gasteiger partial charge in [0.05, 0.1) is 0 Å². The number of carbonyl (C=O) groups is 1. The van der Waals surface area contributed by atoms with Crippen molar-refractivity contribution in [3.05, 3.63) is 11.5 Å². The predicted molar refractivity (Wildman–Crippen MR) is 60.4 cm³/mol. The highest BCUT2D eigenvalue weighted by Gasteiger charge is 2.09. The lowest BCUT2D eigenvalue weighted by Crippen LogP contribution is -2.09. The molecule has 13 heavy (non-hydrogen) atoms. The maximum atomic E-state index is 10.4. The summed E-state index contributed by atoms with van der Waals surface area (Å²) in [4.78, 5) is 10.4. The molecule has 0 saturated heterocycles. The largest absolute Gasteiger partial charge is 0.370 e. The summed E-state index contributed by atoms with van der Waals surface area (Å²) in [6, 6.07) is 0. The van der Waals surface area contributed by atoms with Gasteiger partial charge in [0.25, 0.3) is 0 Å². The summed E-state index contributed by atoms with van der Waals surface area (Å²) in [5.74, 6) is -0.175. The first-order valence-corrected chi connectivity index (χ1v) is 6.84. The van der Waals surface area contributed by atoms with E-state index in [4.69, 9.17) is 5.73 Å². The minimum absolute atomic E-state index is 0.175. The van der Waals surface area contributed by atoms with E-state index in [-0.39, 0.29) is 5.91 Å². The number of hydrogen-bond acceptors (Lipinski definition) is 3. The van der Waals surface area contributed by atoms with Crippen molar-refractivity contribution in [1.29, 1.82) is 0 Å². The van der Waals surface area contributed by atoms with E-state index in [0.717, 1.165) is 12.8 Å². The summed E-state index contributed by atoms with van der Waals surface area (Å²) in [5, 5.41) is 2.84. The van der Waals surface area contributed by atoms with Crippen LogP contribution in [0, 0.1) is 0 Å². The molecule has 1 unspecified atom stereocenters. The second-order valence-corrected chi connectivity index (χ2v) is 5.54. The van der Waals surface area contributed by atoms with Crippen LogP contribution in [0.3, 0.4) is 0 Å². The van der Waals surface area contributed by atoms with Gasteiger partial charge in [0.1, 0.15) is 0 Å². The van der Waals surface area contributed by atoms with Crippen molar-refractivity contribution in [2.75, 3.05) is 0 Å². The number of primary amides is 1. The van der Waals surface area contributed by atoms with Crippen molar-refractivity contribution >= 4 is 27.5 Å². The van der Waals surface area contributed by atoms with Crippen molar-refractivity contribution < 1.29 is 4.79 Å². The third-order valence-electron chi connectivity index (χ3n) is 1.94. The van der Waals surface area contributed by atoms with Crippen LogP contribution >= 0.6 is 21.6 Å². The van der Waals surface area contributed by atoms with Gasteiger partial charge in [0.15, 0.2) is 0 Å². The standard InChI is InChI=1S/C9H15NOS2/c10-9(11)5-3-1-2-4-8-6-7-12-13-8/h6-8H,1-5H2,(H2,10,11). The zero-order valence-corrected chi connectivity index (χ0v) is 9.20. The number of rotatable bonds is 6. The molecule has 1 atom stereocenters. The van der Waals surface area contributed by atoms with Gasteiger partial charge < -0.3 is 5.73 Å². The zero-order chi connectivity index (χ0) is 9.52. The Bertz CT molecular complexity index is 194. The molecule has 0 saturated carbocycles. The Kier molecular flexibility index (Phi) is 5.39. The predicted octanol–water partition coefficient (Wildman–Crippen LogP) is 2.70. The highest BCUT2D eigenvalue weighted by Crippen LogP contribution is 2.37. The van der Waals surface area contributed by atoms with Crippen LogP contribution in [0.25, 0.3) is 0 Å². The highest BCUT2D eigenvalue weighted by atomic mass is 33.1. The molecule has 1 rings (SSSR count). The molecule has 1 amide bonds. The number of amides is 1. The monoisotopic (exact) mass is 217 g/mol. The van der Waals surface area contributed by atoms with Crippen LogP contribution < -0.4 is 5.73 Å². The van der Waals surface area contributed by atoms with E-state index >= 15 is 0 Å². The molecule has 0 radical (unpaired) electrons. The van der Waals surface area contributed by atoms with E-state index < -0.39 is 0 Å². The topological polar surface area (TPSA) is 43.1 Å². The third-order valence-corrected chi connectivity index (χ3v) is 4.37. The van der Waals surface area contributed by atoms with Gasteiger partial charge in [-0.3, -0.25) is 4.79 Å². The van der Waals surface area contributed by atoms with E-state index in [0.29, 0.717) is 11.7 Å². The van der Waals surface area contributed by atoms with E-state index in [1.807, 2.05) is 21.6 Å². The minimum Gasteiger partial charge on any atom is -0.370 e. The molecule has 2 nitrogen and oxygen atoms in total. The van der Waals surface area contributed by atoms with Crippen molar-refractivity contribution in [2.24, 2.45) is 5.73 Å². The van der Waals surface area contributed by atoms with Crippen LogP contribution in [-0.2, 0) is 4.79 Å². The molecular weight excluding hydrogens is 202 g/mol. The van der Waals surface area contributed by atoms with Gasteiger partial charge in [-0.1, -0.05) is 40.5 Å². The molecule has 0 aliphatic carbocycles. The fourth-order valence-corrected chi connectivity index (χ4v) is 3.48. The maximum absolute atomic E-state index is 10.4. The summed E-state index contributed by atoms with van der Waals surface area (Å²) >= 11 is 0. The van der Waals surface area contributed by atoms with Crippen LogP contribution in [0.2, 0.25) is 0 Å². The van der Waals surface area contributed by atoms with Crippen molar-refractivity contribution in [1.82, 2.24) is 0 Å². The quantitative estimate of drug-likeness (QED) is 0.549. The number of unbranched alkanes of at least 4 members (excludes halogenated alkanes) is 2. The van der Waals surface area contributed by atoms with Crippen LogP contribution in [-0.4, -0.2) is 11.2 Å². The Morgan fingerprint density at radius 3 is 2.85 bits per heavy atom. The smallest absolute Gasteiger partial charge is 0.217 e. The van der Waals surface area contributed by atoms with E-state index in [9.17, 15) is 4.79 Å². The fourth-order valence-electron chi connectivity index (χ4n) is 1.22. The molecule has 1 aliphatic rings. The Balaban J connectivity index is 1.89. The molecule has 1 aliphatic heterocycles. The second kappa shape index (κ2) is 6.38. The lowest BCUT2D eigenvalue weighted by molar-refractivity contribution is -0.118. The van der Waals surface area contributed by atoms with E-state index in [2.05, 4.69) is 11.5 Å². The molecule has 4 heteroatoms. The van der Waals surface area contributed by atoms with E-state index in [1.165, 1.54) is 12.8 Å². The Morgan fingerprint density at radius 2 is 2.23 bits per heavy atom. The summed E-state index contributed by atoms with van der Waals surface area (Å²) < 4.78 is 0. The zero-order valence-electron chi connectivity index (χ0n) is 7.57. The molecule has 0 fully saturated rings. The van der Waals surface area contributed by atoms with Crippen LogP contribution in [0.4, 0.5) is 0 Å². The lowest BCUT2D eigenvalue weighted by Gasteiger charge is -2.04. The molecule has 74 valence electrons. The molecule has 0 bridgehead atoms. The second-order valence-electron chi connectivity index (χ2n) is 3.13. The minimum atomic E-state index is -0.175. The van der Waals surface area contributed by atoms with E-state index in [1.54, 1.807) is 0 Å². The van der Waals surface area contributed by atoms with Gasteiger partial charge in [-0.2, -0.15) is 0 Å². The van der Waals surface area contributed by atoms with Gasteiger partial charge in [-0.25, -0.2) is 0 Å². The van der Waals surface area contributed by atoms with Gasteiger partial charge in [-0.15, -0.1) is 0 Å². The average molecular weight is 217 g/mol. The van der Waals surface area contributed by atoms with Crippen molar-refractivity contribution in [2.45, 2.75) is 37.4 Å². The fraction of sp³-hybridized carbons (Fsp3) is 0.667. The Labute approximate surface area is 87.1 Å². The molecule has 1 heterocycles. The van der Waals surface area contributed by atoms with Gasteiger partial charge in [0, 0.05) is 11.7 Å². The number of carbonyl (C=O) groups excluding carboxylic acids is 1. The molecule has 0 aromatic rings. The third kappa shape index (κ3) is 5.26. The normalized spacial score (nSPS) is 20.8. The summed E-state index contributed by atoms with van der Waals surface area (Å²) in [7, 11) is 3.73. The molecule has 0 spiro atoms. The van der Waals surface area contributed by atoms with Crippen LogP contribution in [0.5, 0.6) is 0 Å². The molecule has 2 N–H and O–H groups in total. The Hall–Kier alpha value is -0.0900. The van der Waals surface area contributed by atoms with Crippen LogP contribution in [0.1, 0.15) is 32.1 Å². The first-order chi connectivity index (χ1) is 6.29.